The highest BCUT2D eigenvalue weighted by Crippen LogP contribution is 2.21. The third-order valence-corrected chi connectivity index (χ3v) is 5.70. The van der Waals surface area contributed by atoms with Crippen LogP contribution in [-0.4, -0.2) is 33.0 Å². The lowest BCUT2D eigenvalue weighted by atomic mass is 10.1. The highest BCUT2D eigenvalue weighted by atomic mass is 32.2. The van der Waals surface area contributed by atoms with E-state index in [1.807, 2.05) is 18.4 Å². The first kappa shape index (κ1) is 16.8. The first-order valence-corrected chi connectivity index (χ1v) is 10.3. The number of thioether (sulfide) groups is 1. The summed E-state index contributed by atoms with van der Waals surface area (Å²) in [5.74, 6) is 0.780. The second kappa shape index (κ2) is 7.63. The Balaban J connectivity index is 2.12. The smallest absolute Gasteiger partial charge is 0.240 e. The SMILES string of the molecule is CCc1ccc(S(=O)(=O)NCCSC)cc1CNC1CC1. The van der Waals surface area contributed by atoms with Crippen molar-refractivity contribution >= 4 is 21.8 Å². The van der Waals surface area contributed by atoms with Gasteiger partial charge in [0.15, 0.2) is 0 Å². The van der Waals surface area contributed by atoms with Gasteiger partial charge in [0.2, 0.25) is 10.0 Å². The van der Waals surface area contributed by atoms with Crippen LogP contribution in [0.15, 0.2) is 23.1 Å². The third kappa shape index (κ3) is 4.98. The van der Waals surface area contributed by atoms with Gasteiger partial charge in [-0.3, -0.25) is 0 Å². The highest BCUT2D eigenvalue weighted by Gasteiger charge is 2.21. The zero-order valence-corrected chi connectivity index (χ0v) is 14.3. The zero-order chi connectivity index (χ0) is 15.3. The molecule has 2 rings (SSSR count). The van der Waals surface area contributed by atoms with Gasteiger partial charge in [-0.15, -0.1) is 0 Å². The van der Waals surface area contributed by atoms with Crippen LogP contribution in [0.2, 0.25) is 0 Å². The molecule has 1 saturated carbocycles. The summed E-state index contributed by atoms with van der Waals surface area (Å²) in [4.78, 5) is 0.369. The maximum Gasteiger partial charge on any atom is 0.240 e. The van der Waals surface area contributed by atoms with E-state index in [1.54, 1.807) is 17.8 Å². The second-order valence-electron chi connectivity index (χ2n) is 5.33. The van der Waals surface area contributed by atoms with E-state index in [2.05, 4.69) is 17.0 Å². The van der Waals surface area contributed by atoms with Crippen molar-refractivity contribution in [3.05, 3.63) is 29.3 Å². The lowest BCUT2D eigenvalue weighted by Gasteiger charge is -2.12. The van der Waals surface area contributed by atoms with Crippen molar-refractivity contribution in [2.75, 3.05) is 18.6 Å². The van der Waals surface area contributed by atoms with E-state index in [0.29, 0.717) is 17.5 Å². The van der Waals surface area contributed by atoms with Crippen molar-refractivity contribution in [1.82, 2.24) is 10.0 Å². The molecule has 0 unspecified atom stereocenters. The summed E-state index contributed by atoms with van der Waals surface area (Å²) >= 11 is 1.63. The van der Waals surface area contributed by atoms with Gasteiger partial charge in [-0.05, 0) is 48.8 Å². The Kier molecular flexibility index (Phi) is 6.10. The molecule has 1 fully saturated rings. The molecule has 1 aromatic carbocycles. The first-order valence-electron chi connectivity index (χ1n) is 7.40. The van der Waals surface area contributed by atoms with Gasteiger partial charge in [0.25, 0.3) is 0 Å². The molecule has 0 heterocycles. The summed E-state index contributed by atoms with van der Waals surface area (Å²) in [5.41, 5.74) is 2.31. The van der Waals surface area contributed by atoms with E-state index in [1.165, 1.54) is 18.4 Å². The Hall–Kier alpha value is -0.560. The molecule has 0 amide bonds. The van der Waals surface area contributed by atoms with Crippen molar-refractivity contribution in [2.45, 2.75) is 43.7 Å². The molecule has 1 aliphatic rings. The van der Waals surface area contributed by atoms with Crippen molar-refractivity contribution in [2.24, 2.45) is 0 Å². The molecule has 21 heavy (non-hydrogen) atoms. The molecule has 1 aliphatic carbocycles. The van der Waals surface area contributed by atoms with Crippen molar-refractivity contribution in [3.8, 4) is 0 Å². The van der Waals surface area contributed by atoms with Gasteiger partial charge in [0.1, 0.15) is 0 Å². The predicted octanol–water partition coefficient (Wildman–Crippen LogP) is 2.14. The van der Waals surface area contributed by atoms with Crippen LogP contribution < -0.4 is 10.0 Å². The number of aryl methyl sites for hydroxylation is 1. The minimum atomic E-state index is -3.39. The molecule has 1 aromatic rings. The van der Waals surface area contributed by atoms with Gasteiger partial charge in [-0.2, -0.15) is 11.8 Å². The highest BCUT2D eigenvalue weighted by molar-refractivity contribution is 7.98. The van der Waals surface area contributed by atoms with Crippen LogP contribution in [0.1, 0.15) is 30.9 Å². The number of sulfonamides is 1. The number of benzene rings is 1. The van der Waals surface area contributed by atoms with Gasteiger partial charge in [-0.1, -0.05) is 13.0 Å². The standard InChI is InChI=1S/C15H24N2O2S2/c1-3-12-4-7-15(21(18,19)17-8-9-20-2)10-13(12)11-16-14-5-6-14/h4,7,10,14,16-17H,3,5-6,8-9,11H2,1-2H3. The minimum Gasteiger partial charge on any atom is -0.310 e. The van der Waals surface area contributed by atoms with Gasteiger partial charge in [-0.25, -0.2) is 13.1 Å². The van der Waals surface area contributed by atoms with E-state index >= 15 is 0 Å². The summed E-state index contributed by atoms with van der Waals surface area (Å²) in [7, 11) is -3.39. The van der Waals surface area contributed by atoms with Crippen LogP contribution in [0.3, 0.4) is 0 Å². The van der Waals surface area contributed by atoms with Crippen molar-refractivity contribution in [3.63, 3.8) is 0 Å². The molecule has 0 saturated heterocycles. The van der Waals surface area contributed by atoms with E-state index < -0.39 is 10.0 Å². The molecule has 118 valence electrons. The average Bonchev–Trinajstić information content (AvgIpc) is 3.29. The van der Waals surface area contributed by atoms with Crippen molar-refractivity contribution < 1.29 is 8.42 Å². The Labute approximate surface area is 132 Å². The minimum absolute atomic E-state index is 0.369. The fourth-order valence-corrected chi connectivity index (χ4v) is 3.70. The summed E-state index contributed by atoms with van der Waals surface area (Å²) in [6.45, 7) is 3.32. The van der Waals surface area contributed by atoms with Crippen LogP contribution in [0, 0.1) is 0 Å². The van der Waals surface area contributed by atoms with Crippen LogP contribution in [0.4, 0.5) is 0 Å². The summed E-state index contributed by atoms with van der Waals surface area (Å²) < 4.78 is 27.2. The molecule has 0 radical (unpaired) electrons. The molecule has 4 nitrogen and oxygen atoms in total. The first-order chi connectivity index (χ1) is 10.1. The van der Waals surface area contributed by atoms with Crippen LogP contribution in [-0.2, 0) is 23.0 Å². The maximum absolute atomic E-state index is 12.3. The molecule has 6 heteroatoms. The predicted molar refractivity (Wildman–Crippen MR) is 89.3 cm³/mol. The average molecular weight is 329 g/mol. The monoisotopic (exact) mass is 328 g/mol. The fraction of sp³-hybridized carbons (Fsp3) is 0.600. The molecular weight excluding hydrogens is 304 g/mol. The molecule has 0 aromatic heterocycles. The molecule has 0 atom stereocenters. The van der Waals surface area contributed by atoms with Crippen molar-refractivity contribution in [1.29, 1.82) is 0 Å². The zero-order valence-electron chi connectivity index (χ0n) is 12.7. The van der Waals surface area contributed by atoms with E-state index in [0.717, 1.165) is 24.3 Å². The van der Waals surface area contributed by atoms with Gasteiger partial charge in [0, 0.05) is 24.9 Å². The number of nitrogens with one attached hydrogen (secondary N) is 2. The van der Waals surface area contributed by atoms with Crippen LogP contribution >= 0.6 is 11.8 Å². The molecule has 0 aliphatic heterocycles. The molecular formula is C15H24N2O2S2. The van der Waals surface area contributed by atoms with E-state index in [9.17, 15) is 8.42 Å². The normalized spacial score (nSPS) is 15.3. The Morgan fingerprint density at radius 1 is 1.29 bits per heavy atom. The van der Waals surface area contributed by atoms with E-state index in [4.69, 9.17) is 0 Å². The molecule has 0 spiro atoms. The fourth-order valence-electron chi connectivity index (χ4n) is 2.18. The number of rotatable bonds is 9. The van der Waals surface area contributed by atoms with Gasteiger partial charge in [0.05, 0.1) is 4.90 Å². The Morgan fingerprint density at radius 2 is 2.05 bits per heavy atom. The number of hydrogen-bond donors (Lipinski definition) is 2. The number of hydrogen-bond acceptors (Lipinski definition) is 4. The lowest BCUT2D eigenvalue weighted by molar-refractivity contribution is 0.583. The van der Waals surface area contributed by atoms with Gasteiger partial charge >= 0.3 is 0 Å². The lowest BCUT2D eigenvalue weighted by Crippen LogP contribution is -2.26. The van der Waals surface area contributed by atoms with Gasteiger partial charge < -0.3 is 5.32 Å². The summed E-state index contributed by atoms with van der Waals surface area (Å²) in [6.07, 6.45) is 5.35. The molecule has 0 bridgehead atoms. The maximum atomic E-state index is 12.3. The summed E-state index contributed by atoms with van der Waals surface area (Å²) in [6, 6.07) is 6.08. The molecule has 2 N–H and O–H groups in total. The topological polar surface area (TPSA) is 58.2 Å². The van der Waals surface area contributed by atoms with E-state index in [-0.39, 0.29) is 0 Å². The van der Waals surface area contributed by atoms with Crippen LogP contribution in [0.25, 0.3) is 0 Å². The summed E-state index contributed by atoms with van der Waals surface area (Å²) in [5, 5.41) is 3.46. The van der Waals surface area contributed by atoms with Crippen LogP contribution in [0.5, 0.6) is 0 Å². The third-order valence-electron chi connectivity index (χ3n) is 3.63. The quantitative estimate of drug-likeness (QED) is 0.682. The Bertz CT molecular complexity index is 569. The largest absolute Gasteiger partial charge is 0.310 e. The second-order valence-corrected chi connectivity index (χ2v) is 8.08. The Morgan fingerprint density at radius 3 is 2.67 bits per heavy atom.